The summed E-state index contributed by atoms with van der Waals surface area (Å²) in [5.41, 5.74) is 8.00. The Kier molecular flexibility index (Phi) is 4.70. The van der Waals surface area contributed by atoms with Crippen molar-refractivity contribution in [1.29, 1.82) is 0 Å². The second kappa shape index (κ2) is 6.29. The largest absolute Gasteiger partial charge is 0.494 e. The number of nitrogens with two attached hydrogens (primary N) is 1. The Bertz CT molecular complexity index is 572. The van der Waals surface area contributed by atoms with Crippen LogP contribution < -0.4 is 10.5 Å². The molecular formula is C15H15Cl2NO. The molecule has 0 aliphatic carbocycles. The van der Waals surface area contributed by atoms with Gasteiger partial charge in [0, 0.05) is 10.0 Å². The summed E-state index contributed by atoms with van der Waals surface area (Å²) in [6, 6.07) is 12.7. The monoisotopic (exact) mass is 295 g/mol. The predicted octanol–water partition coefficient (Wildman–Crippen LogP) is 4.44. The van der Waals surface area contributed by atoms with Gasteiger partial charge in [-0.3, -0.25) is 0 Å². The van der Waals surface area contributed by atoms with Crippen molar-refractivity contribution in [3.8, 4) is 5.75 Å². The first kappa shape index (κ1) is 14.2. The van der Waals surface area contributed by atoms with Crippen LogP contribution in [0.2, 0.25) is 10.0 Å². The lowest BCUT2D eigenvalue weighted by atomic mass is 9.99. The number of hydrogen-bond acceptors (Lipinski definition) is 2. The summed E-state index contributed by atoms with van der Waals surface area (Å²) < 4.78 is 5.47. The van der Waals surface area contributed by atoms with Gasteiger partial charge in [0.1, 0.15) is 5.75 Å². The van der Waals surface area contributed by atoms with Gasteiger partial charge in [-0.25, -0.2) is 0 Å². The molecule has 2 aromatic rings. The predicted molar refractivity (Wildman–Crippen MR) is 80.1 cm³/mol. The number of rotatable bonds is 4. The number of benzene rings is 2. The molecule has 0 radical (unpaired) electrons. The second-order valence-corrected chi connectivity index (χ2v) is 4.99. The van der Waals surface area contributed by atoms with E-state index in [1.54, 1.807) is 18.2 Å². The van der Waals surface area contributed by atoms with Crippen molar-refractivity contribution in [2.75, 3.05) is 6.61 Å². The van der Waals surface area contributed by atoms with Gasteiger partial charge in [-0.05, 0) is 48.4 Å². The lowest BCUT2D eigenvalue weighted by Gasteiger charge is -2.15. The minimum atomic E-state index is -0.327. The highest BCUT2D eigenvalue weighted by Crippen LogP contribution is 2.30. The maximum absolute atomic E-state index is 6.25. The molecule has 2 N–H and O–H groups in total. The first-order valence-corrected chi connectivity index (χ1v) is 6.80. The number of halogens is 2. The maximum Gasteiger partial charge on any atom is 0.119 e. The van der Waals surface area contributed by atoms with E-state index in [9.17, 15) is 0 Å². The third kappa shape index (κ3) is 3.41. The maximum atomic E-state index is 6.25. The van der Waals surface area contributed by atoms with E-state index in [4.69, 9.17) is 33.7 Å². The summed E-state index contributed by atoms with van der Waals surface area (Å²) in [6.07, 6.45) is 0. The molecule has 4 heteroatoms. The summed E-state index contributed by atoms with van der Waals surface area (Å²) in [6.45, 7) is 2.57. The third-order valence-electron chi connectivity index (χ3n) is 2.82. The third-order valence-corrected chi connectivity index (χ3v) is 3.40. The molecule has 0 heterocycles. The van der Waals surface area contributed by atoms with E-state index < -0.39 is 0 Å². The Hall–Kier alpha value is -1.22. The zero-order valence-electron chi connectivity index (χ0n) is 10.6. The molecule has 100 valence electrons. The van der Waals surface area contributed by atoms with Gasteiger partial charge in [-0.2, -0.15) is 0 Å². The van der Waals surface area contributed by atoms with E-state index in [0.717, 1.165) is 16.9 Å². The van der Waals surface area contributed by atoms with E-state index in [1.807, 2.05) is 31.2 Å². The van der Waals surface area contributed by atoms with Crippen LogP contribution in [-0.2, 0) is 0 Å². The molecule has 2 aromatic carbocycles. The molecule has 0 fully saturated rings. The minimum absolute atomic E-state index is 0.327. The van der Waals surface area contributed by atoms with Crippen molar-refractivity contribution < 1.29 is 4.74 Å². The topological polar surface area (TPSA) is 35.2 Å². The molecule has 0 spiro atoms. The molecule has 0 aromatic heterocycles. The van der Waals surface area contributed by atoms with Crippen molar-refractivity contribution in [3.05, 3.63) is 63.6 Å². The Balaban J connectivity index is 2.35. The molecule has 0 amide bonds. The van der Waals surface area contributed by atoms with Crippen molar-refractivity contribution in [2.45, 2.75) is 13.0 Å². The molecule has 1 atom stereocenters. The summed E-state index contributed by atoms with van der Waals surface area (Å²) >= 11 is 12.2. The molecule has 1 unspecified atom stereocenters. The standard InChI is InChI=1S/C15H15Cl2NO/c1-2-19-12-5-3-4-10(8-12)15(18)13-9-11(16)6-7-14(13)17/h3-9,15H,2,18H2,1H3. The van der Waals surface area contributed by atoms with Crippen LogP contribution in [0.4, 0.5) is 0 Å². The number of hydrogen-bond donors (Lipinski definition) is 1. The molecule has 0 saturated carbocycles. The Morgan fingerprint density at radius 1 is 1.16 bits per heavy atom. The lowest BCUT2D eigenvalue weighted by molar-refractivity contribution is 0.340. The van der Waals surface area contributed by atoms with E-state index >= 15 is 0 Å². The Labute approximate surface area is 123 Å². The Morgan fingerprint density at radius 2 is 1.95 bits per heavy atom. The average molecular weight is 296 g/mol. The van der Waals surface area contributed by atoms with Crippen LogP contribution in [0.5, 0.6) is 5.75 Å². The quantitative estimate of drug-likeness (QED) is 0.905. The molecule has 2 rings (SSSR count). The van der Waals surface area contributed by atoms with Gasteiger partial charge >= 0.3 is 0 Å². The molecule has 0 bridgehead atoms. The van der Waals surface area contributed by atoms with E-state index in [-0.39, 0.29) is 6.04 Å². The second-order valence-electron chi connectivity index (χ2n) is 4.15. The van der Waals surface area contributed by atoms with Crippen LogP contribution in [-0.4, -0.2) is 6.61 Å². The van der Waals surface area contributed by atoms with Gasteiger partial charge in [0.15, 0.2) is 0 Å². The summed E-state index contributed by atoms with van der Waals surface area (Å²) in [5.74, 6) is 0.800. The zero-order chi connectivity index (χ0) is 13.8. The summed E-state index contributed by atoms with van der Waals surface area (Å²) in [7, 11) is 0. The smallest absolute Gasteiger partial charge is 0.119 e. The average Bonchev–Trinajstić information content (AvgIpc) is 2.41. The molecule has 0 aliphatic rings. The molecule has 0 aliphatic heterocycles. The van der Waals surface area contributed by atoms with Crippen LogP contribution in [0.25, 0.3) is 0 Å². The highest BCUT2D eigenvalue weighted by atomic mass is 35.5. The van der Waals surface area contributed by atoms with Crippen LogP contribution in [0.3, 0.4) is 0 Å². The fourth-order valence-electron chi connectivity index (χ4n) is 1.90. The summed E-state index contributed by atoms with van der Waals surface area (Å²) in [4.78, 5) is 0. The van der Waals surface area contributed by atoms with Crippen molar-refractivity contribution in [3.63, 3.8) is 0 Å². The normalized spacial score (nSPS) is 12.2. The van der Waals surface area contributed by atoms with Crippen LogP contribution in [0.1, 0.15) is 24.1 Å². The molecule has 2 nitrogen and oxygen atoms in total. The van der Waals surface area contributed by atoms with Gasteiger partial charge < -0.3 is 10.5 Å². The van der Waals surface area contributed by atoms with E-state index in [2.05, 4.69) is 0 Å². The van der Waals surface area contributed by atoms with E-state index in [0.29, 0.717) is 16.7 Å². The van der Waals surface area contributed by atoms with Crippen molar-refractivity contribution in [2.24, 2.45) is 5.73 Å². The fourth-order valence-corrected chi connectivity index (χ4v) is 2.31. The van der Waals surface area contributed by atoms with Gasteiger partial charge in [0.2, 0.25) is 0 Å². The molecule has 19 heavy (non-hydrogen) atoms. The van der Waals surface area contributed by atoms with Gasteiger partial charge in [0.05, 0.1) is 12.6 Å². The Morgan fingerprint density at radius 3 is 2.68 bits per heavy atom. The lowest BCUT2D eigenvalue weighted by Crippen LogP contribution is -2.12. The minimum Gasteiger partial charge on any atom is -0.494 e. The van der Waals surface area contributed by atoms with Crippen molar-refractivity contribution >= 4 is 23.2 Å². The number of ether oxygens (including phenoxy) is 1. The fraction of sp³-hybridized carbons (Fsp3) is 0.200. The van der Waals surface area contributed by atoms with Crippen molar-refractivity contribution in [1.82, 2.24) is 0 Å². The van der Waals surface area contributed by atoms with Crippen LogP contribution >= 0.6 is 23.2 Å². The highest BCUT2D eigenvalue weighted by molar-refractivity contribution is 6.33. The summed E-state index contributed by atoms with van der Waals surface area (Å²) in [5, 5.41) is 1.23. The SMILES string of the molecule is CCOc1cccc(C(N)c2cc(Cl)ccc2Cl)c1. The van der Waals surface area contributed by atoms with Gasteiger partial charge in [-0.15, -0.1) is 0 Å². The van der Waals surface area contributed by atoms with E-state index in [1.165, 1.54) is 0 Å². The van der Waals surface area contributed by atoms with Crippen LogP contribution in [0.15, 0.2) is 42.5 Å². The first-order valence-electron chi connectivity index (χ1n) is 6.05. The highest BCUT2D eigenvalue weighted by Gasteiger charge is 2.13. The molecule has 0 saturated heterocycles. The first-order chi connectivity index (χ1) is 9.11. The van der Waals surface area contributed by atoms with Gasteiger partial charge in [-0.1, -0.05) is 35.3 Å². The zero-order valence-corrected chi connectivity index (χ0v) is 12.1. The van der Waals surface area contributed by atoms with Crippen LogP contribution in [0, 0.1) is 0 Å². The van der Waals surface area contributed by atoms with Gasteiger partial charge in [0.25, 0.3) is 0 Å². The molecular weight excluding hydrogens is 281 g/mol.